The van der Waals surface area contributed by atoms with Crippen molar-refractivity contribution in [2.24, 2.45) is 0 Å². The second kappa shape index (κ2) is 6.54. The Balaban J connectivity index is 1.85. The topological polar surface area (TPSA) is 52.6 Å². The molecular formula is C17H14BrF3O4S. The van der Waals surface area contributed by atoms with Crippen molar-refractivity contribution in [1.82, 2.24) is 0 Å². The fraction of sp³-hybridized carbons (Fsp3) is 0.294. The van der Waals surface area contributed by atoms with E-state index in [2.05, 4.69) is 15.9 Å². The third-order valence-corrected chi connectivity index (χ3v) is 5.97. The van der Waals surface area contributed by atoms with Crippen molar-refractivity contribution < 1.29 is 30.5 Å². The lowest BCUT2D eigenvalue weighted by atomic mass is 10.1. The summed E-state index contributed by atoms with van der Waals surface area (Å²) in [6, 6.07) is 6.60. The summed E-state index contributed by atoms with van der Waals surface area (Å²) in [5.41, 5.74) is 0.799. The number of fused-ring (bicyclic) bond motifs is 1. The van der Waals surface area contributed by atoms with Gasteiger partial charge >= 0.3 is 16.3 Å². The second-order valence-corrected chi connectivity index (χ2v) is 8.41. The van der Waals surface area contributed by atoms with Gasteiger partial charge in [0.15, 0.2) is 0 Å². The molecule has 1 aliphatic heterocycles. The molecule has 0 saturated carbocycles. The zero-order valence-corrected chi connectivity index (χ0v) is 16.1. The van der Waals surface area contributed by atoms with Crippen LogP contribution in [0.3, 0.4) is 0 Å². The molecule has 1 heterocycles. The fourth-order valence-electron chi connectivity index (χ4n) is 2.78. The van der Waals surface area contributed by atoms with Gasteiger partial charge in [-0.25, -0.2) is 4.18 Å². The average molecular weight is 451 g/mol. The predicted octanol–water partition coefficient (Wildman–Crippen LogP) is 4.75. The van der Waals surface area contributed by atoms with Gasteiger partial charge in [0, 0.05) is 12.0 Å². The predicted molar refractivity (Wildman–Crippen MR) is 91.5 cm³/mol. The van der Waals surface area contributed by atoms with Gasteiger partial charge in [-0.2, -0.15) is 21.6 Å². The zero-order valence-electron chi connectivity index (χ0n) is 13.7. The Labute approximate surface area is 157 Å². The number of aryl methyl sites for hydroxylation is 2. The number of rotatable bonds is 3. The van der Waals surface area contributed by atoms with Crippen LogP contribution in [0.2, 0.25) is 0 Å². The third kappa shape index (κ3) is 3.74. The molecule has 1 atom stereocenters. The van der Waals surface area contributed by atoms with Crippen LogP contribution in [-0.4, -0.2) is 14.7 Å². The van der Waals surface area contributed by atoms with E-state index in [1.165, 1.54) is 6.07 Å². The van der Waals surface area contributed by atoms with Crippen LogP contribution in [0, 0.1) is 13.8 Å². The molecule has 1 aliphatic rings. The summed E-state index contributed by atoms with van der Waals surface area (Å²) in [5, 5.41) is 0. The van der Waals surface area contributed by atoms with Crippen LogP contribution in [0.25, 0.3) is 0 Å². The zero-order chi connectivity index (χ0) is 19.3. The number of benzene rings is 2. The van der Waals surface area contributed by atoms with Gasteiger partial charge in [-0.1, -0.05) is 17.7 Å². The minimum absolute atomic E-state index is 0.00213. The van der Waals surface area contributed by atoms with Gasteiger partial charge in [-0.05, 0) is 53.5 Å². The van der Waals surface area contributed by atoms with E-state index in [-0.39, 0.29) is 27.1 Å². The number of hydrogen-bond acceptors (Lipinski definition) is 4. The Morgan fingerprint density at radius 2 is 1.88 bits per heavy atom. The smallest absolute Gasteiger partial charge is 0.416 e. The van der Waals surface area contributed by atoms with Crippen molar-refractivity contribution in [3.8, 4) is 5.75 Å². The fourth-order valence-corrected chi connectivity index (χ4v) is 4.55. The van der Waals surface area contributed by atoms with Gasteiger partial charge in [0.25, 0.3) is 0 Å². The van der Waals surface area contributed by atoms with E-state index in [0.29, 0.717) is 5.56 Å². The Bertz CT molecular complexity index is 971. The van der Waals surface area contributed by atoms with Gasteiger partial charge in [-0.15, -0.1) is 0 Å². The van der Waals surface area contributed by atoms with Crippen molar-refractivity contribution in [3.05, 3.63) is 57.1 Å². The molecule has 0 bridgehead atoms. The van der Waals surface area contributed by atoms with Crippen LogP contribution < -0.4 is 4.74 Å². The van der Waals surface area contributed by atoms with Crippen LogP contribution in [0.15, 0.2) is 39.7 Å². The van der Waals surface area contributed by atoms with E-state index < -0.39 is 28.1 Å². The lowest BCUT2D eigenvalue weighted by molar-refractivity contribution is -0.137. The van der Waals surface area contributed by atoms with E-state index >= 15 is 0 Å². The summed E-state index contributed by atoms with van der Waals surface area (Å²) >= 11 is 3.03. The molecule has 0 amide bonds. The third-order valence-electron chi connectivity index (χ3n) is 3.92. The van der Waals surface area contributed by atoms with Crippen molar-refractivity contribution >= 4 is 26.0 Å². The van der Waals surface area contributed by atoms with Crippen molar-refractivity contribution in [1.29, 1.82) is 0 Å². The molecule has 1 unspecified atom stereocenters. The molecule has 0 aromatic heterocycles. The first-order valence-corrected chi connectivity index (χ1v) is 9.74. The van der Waals surface area contributed by atoms with Crippen molar-refractivity contribution in [2.45, 2.75) is 37.6 Å². The maximum atomic E-state index is 12.9. The number of ether oxygens (including phenoxy) is 1. The molecule has 26 heavy (non-hydrogen) atoms. The molecule has 0 aliphatic carbocycles. The van der Waals surface area contributed by atoms with Crippen molar-refractivity contribution in [3.63, 3.8) is 0 Å². The Hall–Kier alpha value is -1.58. The standard InChI is InChI=1S/C17H14BrF3O4S/c1-9-3-4-14(10(2)5-9)26(22,23)25-15-7-11-6-12(17(19,20)21)8-13(18)16(11)24-15/h3-6,8,15H,7H2,1-2H3. The lowest BCUT2D eigenvalue weighted by Crippen LogP contribution is -2.23. The summed E-state index contributed by atoms with van der Waals surface area (Å²) in [6.45, 7) is 3.47. The molecular weight excluding hydrogens is 437 g/mol. The van der Waals surface area contributed by atoms with Crippen molar-refractivity contribution in [2.75, 3.05) is 0 Å². The number of halogens is 4. The van der Waals surface area contributed by atoms with Gasteiger partial charge in [0.05, 0.1) is 14.9 Å². The largest absolute Gasteiger partial charge is 0.462 e. The summed E-state index contributed by atoms with van der Waals surface area (Å²) in [7, 11) is -4.12. The first-order chi connectivity index (χ1) is 12.0. The second-order valence-electron chi connectivity index (χ2n) is 6.01. The van der Waals surface area contributed by atoms with Gasteiger partial charge < -0.3 is 4.74 Å². The monoisotopic (exact) mass is 450 g/mol. The minimum Gasteiger partial charge on any atom is -0.462 e. The highest BCUT2D eigenvalue weighted by molar-refractivity contribution is 9.10. The average Bonchev–Trinajstić information content (AvgIpc) is 2.88. The summed E-state index contributed by atoms with van der Waals surface area (Å²) in [4.78, 5) is -0.00213. The van der Waals surface area contributed by atoms with E-state index in [9.17, 15) is 21.6 Å². The molecule has 4 nitrogen and oxygen atoms in total. The van der Waals surface area contributed by atoms with Gasteiger partial charge in [-0.3, -0.25) is 0 Å². The van der Waals surface area contributed by atoms with E-state index in [1.807, 2.05) is 6.92 Å². The van der Waals surface area contributed by atoms with Crippen LogP contribution in [0.5, 0.6) is 5.75 Å². The molecule has 9 heteroatoms. The summed E-state index contributed by atoms with van der Waals surface area (Å²) < 4.78 is 74.3. The maximum Gasteiger partial charge on any atom is 0.416 e. The molecule has 0 radical (unpaired) electrons. The molecule has 0 saturated heterocycles. The highest BCUT2D eigenvalue weighted by Crippen LogP contribution is 2.42. The van der Waals surface area contributed by atoms with Crippen LogP contribution in [-0.2, 0) is 26.9 Å². The first kappa shape index (κ1) is 19.2. The number of hydrogen-bond donors (Lipinski definition) is 0. The summed E-state index contributed by atoms with van der Waals surface area (Å²) in [5.74, 6) is 0.152. The summed E-state index contributed by atoms with van der Waals surface area (Å²) in [6.07, 6.45) is -5.85. The molecule has 2 aromatic rings. The lowest BCUT2D eigenvalue weighted by Gasteiger charge is -2.14. The molecule has 0 N–H and O–H groups in total. The highest BCUT2D eigenvalue weighted by atomic mass is 79.9. The van der Waals surface area contributed by atoms with E-state index in [1.54, 1.807) is 19.1 Å². The number of alkyl halides is 3. The van der Waals surface area contributed by atoms with E-state index in [0.717, 1.165) is 17.7 Å². The minimum atomic E-state index is -4.51. The van der Waals surface area contributed by atoms with Gasteiger partial charge in [0.1, 0.15) is 5.75 Å². The molecule has 140 valence electrons. The molecule has 0 spiro atoms. The highest BCUT2D eigenvalue weighted by Gasteiger charge is 2.36. The van der Waals surface area contributed by atoms with Crippen LogP contribution >= 0.6 is 15.9 Å². The molecule has 0 fully saturated rings. The quantitative estimate of drug-likeness (QED) is 0.633. The SMILES string of the molecule is Cc1ccc(S(=O)(=O)OC2Cc3cc(C(F)(F)F)cc(Br)c3O2)c(C)c1. The van der Waals surface area contributed by atoms with Crippen LogP contribution in [0.4, 0.5) is 13.2 Å². The van der Waals surface area contributed by atoms with Crippen LogP contribution in [0.1, 0.15) is 22.3 Å². The normalized spacial score (nSPS) is 17.1. The van der Waals surface area contributed by atoms with Gasteiger partial charge in [0.2, 0.25) is 6.29 Å². The Kier molecular flexibility index (Phi) is 4.83. The Morgan fingerprint density at radius 3 is 2.50 bits per heavy atom. The first-order valence-electron chi connectivity index (χ1n) is 7.54. The molecule has 2 aromatic carbocycles. The maximum absolute atomic E-state index is 12.9. The molecule has 3 rings (SSSR count). The van der Waals surface area contributed by atoms with E-state index in [4.69, 9.17) is 8.92 Å². The Morgan fingerprint density at radius 1 is 1.19 bits per heavy atom.